The summed E-state index contributed by atoms with van der Waals surface area (Å²) >= 11 is 0. The fraction of sp³-hybridized carbons (Fsp3) is 0.579. The van der Waals surface area contributed by atoms with E-state index in [1.165, 1.54) is 18.2 Å². The van der Waals surface area contributed by atoms with Gasteiger partial charge in [-0.15, -0.1) is 24.0 Å². The van der Waals surface area contributed by atoms with Crippen molar-refractivity contribution in [3.05, 3.63) is 35.4 Å². The van der Waals surface area contributed by atoms with Crippen LogP contribution in [0.5, 0.6) is 0 Å². The van der Waals surface area contributed by atoms with E-state index >= 15 is 0 Å². The maximum Gasteiger partial charge on any atom is 0.220 e. The van der Waals surface area contributed by atoms with E-state index < -0.39 is 11.6 Å². The molecule has 3 rings (SSSR count). The molecule has 2 fully saturated rings. The van der Waals surface area contributed by atoms with E-state index in [4.69, 9.17) is 0 Å². The van der Waals surface area contributed by atoms with Gasteiger partial charge in [0, 0.05) is 51.1 Å². The first-order chi connectivity index (χ1) is 12.5. The Kier molecular flexibility index (Phi) is 7.81. The van der Waals surface area contributed by atoms with Crippen LogP contribution in [0, 0.1) is 17.6 Å². The van der Waals surface area contributed by atoms with Gasteiger partial charge in [0.05, 0.1) is 0 Å². The van der Waals surface area contributed by atoms with Crippen molar-refractivity contribution in [3.63, 3.8) is 0 Å². The lowest BCUT2D eigenvalue weighted by molar-refractivity contribution is -0.121. The number of benzene rings is 1. The van der Waals surface area contributed by atoms with Gasteiger partial charge in [0.15, 0.2) is 5.96 Å². The van der Waals surface area contributed by atoms with E-state index in [0.29, 0.717) is 18.8 Å². The highest BCUT2D eigenvalue weighted by atomic mass is 127. The zero-order valence-corrected chi connectivity index (χ0v) is 18.0. The van der Waals surface area contributed by atoms with Gasteiger partial charge in [0.1, 0.15) is 11.6 Å². The van der Waals surface area contributed by atoms with Crippen LogP contribution in [0.15, 0.2) is 23.2 Å². The lowest BCUT2D eigenvalue weighted by atomic mass is 9.93. The number of nitrogens with one attached hydrogen (secondary N) is 2. The molecule has 2 aliphatic rings. The molecule has 0 spiro atoms. The molecule has 0 bridgehead atoms. The molecule has 2 atom stereocenters. The molecule has 1 aliphatic carbocycles. The normalized spacial score (nSPS) is 22.8. The highest BCUT2D eigenvalue weighted by Crippen LogP contribution is 2.43. The number of hydrogen-bond donors (Lipinski definition) is 2. The number of likely N-dealkylation sites (tertiary alicyclic amines) is 1. The van der Waals surface area contributed by atoms with Gasteiger partial charge >= 0.3 is 0 Å². The SMILES string of the molecule is CN=C(NC1CC1c1c(F)cccc1F)N1CCC(CC(=O)NC)CC1.I. The molecule has 150 valence electrons. The van der Waals surface area contributed by atoms with E-state index in [1.54, 1.807) is 14.1 Å². The molecule has 2 unspecified atom stereocenters. The molecule has 8 heteroatoms. The number of guanidine groups is 1. The van der Waals surface area contributed by atoms with Crippen molar-refractivity contribution in [2.45, 2.75) is 37.6 Å². The van der Waals surface area contributed by atoms with Crippen molar-refractivity contribution in [2.75, 3.05) is 27.2 Å². The van der Waals surface area contributed by atoms with Gasteiger partial charge in [0.2, 0.25) is 5.91 Å². The van der Waals surface area contributed by atoms with Gasteiger partial charge in [0.25, 0.3) is 0 Å². The molecule has 0 aromatic heterocycles. The molecule has 1 amide bonds. The molecule has 1 saturated heterocycles. The number of piperidine rings is 1. The van der Waals surface area contributed by atoms with E-state index in [0.717, 1.165) is 31.9 Å². The van der Waals surface area contributed by atoms with Crippen LogP contribution in [0.4, 0.5) is 8.78 Å². The Hall–Kier alpha value is -1.45. The number of halogens is 3. The summed E-state index contributed by atoms with van der Waals surface area (Å²) in [4.78, 5) is 18.0. The number of aliphatic imine (C=N–C) groups is 1. The summed E-state index contributed by atoms with van der Waals surface area (Å²) in [6.45, 7) is 1.65. The van der Waals surface area contributed by atoms with Crippen LogP contribution in [0.2, 0.25) is 0 Å². The zero-order chi connectivity index (χ0) is 18.7. The largest absolute Gasteiger partial charge is 0.359 e. The summed E-state index contributed by atoms with van der Waals surface area (Å²) in [5, 5.41) is 6.01. The molecular formula is C19H27F2IN4O. The third kappa shape index (κ3) is 5.30. The average Bonchev–Trinajstić information content (AvgIpc) is 3.39. The first kappa shape index (κ1) is 21.8. The second kappa shape index (κ2) is 9.66. The van der Waals surface area contributed by atoms with E-state index in [2.05, 4.69) is 20.5 Å². The summed E-state index contributed by atoms with van der Waals surface area (Å²) in [5.74, 6) is 0.129. The van der Waals surface area contributed by atoms with Crippen LogP contribution >= 0.6 is 24.0 Å². The molecule has 1 aromatic rings. The number of carbonyl (C=O) groups excluding carboxylic acids is 1. The minimum atomic E-state index is -0.482. The van der Waals surface area contributed by atoms with E-state index in [1.807, 2.05) is 0 Å². The van der Waals surface area contributed by atoms with Gasteiger partial charge in [-0.05, 0) is 37.3 Å². The fourth-order valence-electron chi connectivity index (χ4n) is 3.71. The van der Waals surface area contributed by atoms with Crippen LogP contribution in [0.1, 0.15) is 37.2 Å². The van der Waals surface area contributed by atoms with Crippen LogP contribution in [0.25, 0.3) is 0 Å². The maximum absolute atomic E-state index is 13.9. The predicted octanol–water partition coefficient (Wildman–Crippen LogP) is 2.86. The van der Waals surface area contributed by atoms with Crippen LogP contribution in [-0.4, -0.2) is 50.0 Å². The first-order valence-corrected chi connectivity index (χ1v) is 9.16. The number of carbonyl (C=O) groups is 1. The van der Waals surface area contributed by atoms with Crippen LogP contribution in [0.3, 0.4) is 0 Å². The lowest BCUT2D eigenvalue weighted by Gasteiger charge is -2.34. The minimum absolute atomic E-state index is 0. The number of nitrogens with zero attached hydrogens (tertiary/aromatic N) is 2. The maximum atomic E-state index is 13.9. The van der Waals surface area contributed by atoms with Crippen LogP contribution in [-0.2, 0) is 4.79 Å². The minimum Gasteiger partial charge on any atom is -0.359 e. The smallest absolute Gasteiger partial charge is 0.220 e. The summed E-state index contributed by atoms with van der Waals surface area (Å²) < 4.78 is 27.8. The highest BCUT2D eigenvalue weighted by molar-refractivity contribution is 14.0. The molecule has 1 aromatic carbocycles. The number of hydrogen-bond acceptors (Lipinski definition) is 2. The Labute approximate surface area is 176 Å². The fourth-order valence-corrected chi connectivity index (χ4v) is 3.71. The van der Waals surface area contributed by atoms with E-state index in [-0.39, 0.29) is 47.4 Å². The van der Waals surface area contributed by atoms with Crippen molar-refractivity contribution >= 4 is 35.8 Å². The standard InChI is InChI=1S/C19H26F2N4O.HI/c1-22-17(26)10-12-6-8-25(9-7-12)19(23-2)24-16-11-13(16)18-14(20)4-3-5-15(18)21;/h3-5,12-13,16H,6-11H2,1-2H3,(H,22,26)(H,23,24);1H. The van der Waals surface area contributed by atoms with Crippen molar-refractivity contribution in [3.8, 4) is 0 Å². The van der Waals surface area contributed by atoms with Crippen LogP contribution < -0.4 is 10.6 Å². The second-order valence-electron chi connectivity index (χ2n) is 7.08. The highest BCUT2D eigenvalue weighted by Gasteiger charge is 2.43. The van der Waals surface area contributed by atoms with Crippen molar-refractivity contribution in [1.29, 1.82) is 0 Å². The molecule has 1 heterocycles. The molecule has 27 heavy (non-hydrogen) atoms. The number of rotatable bonds is 4. The van der Waals surface area contributed by atoms with Crippen molar-refractivity contribution in [1.82, 2.24) is 15.5 Å². The first-order valence-electron chi connectivity index (χ1n) is 9.16. The molecular weight excluding hydrogens is 465 g/mol. The third-order valence-corrected chi connectivity index (χ3v) is 5.35. The quantitative estimate of drug-likeness (QED) is 0.386. The summed E-state index contributed by atoms with van der Waals surface area (Å²) in [6, 6.07) is 4.00. The topological polar surface area (TPSA) is 56.7 Å². The Morgan fingerprint density at radius 3 is 2.44 bits per heavy atom. The molecule has 1 saturated carbocycles. The molecule has 0 radical (unpaired) electrons. The van der Waals surface area contributed by atoms with Crippen molar-refractivity contribution < 1.29 is 13.6 Å². The second-order valence-corrected chi connectivity index (χ2v) is 7.08. The summed E-state index contributed by atoms with van der Waals surface area (Å²) in [7, 11) is 3.38. The van der Waals surface area contributed by atoms with Gasteiger partial charge in [-0.25, -0.2) is 8.78 Å². The lowest BCUT2D eigenvalue weighted by Crippen LogP contribution is -2.47. The zero-order valence-electron chi connectivity index (χ0n) is 15.7. The number of amides is 1. The third-order valence-electron chi connectivity index (χ3n) is 5.35. The molecule has 2 N–H and O–H groups in total. The Bertz CT molecular complexity index is 672. The van der Waals surface area contributed by atoms with Gasteiger partial charge < -0.3 is 15.5 Å². The summed E-state index contributed by atoms with van der Waals surface area (Å²) in [5.41, 5.74) is 0.171. The Morgan fingerprint density at radius 2 is 1.89 bits per heavy atom. The van der Waals surface area contributed by atoms with Crippen molar-refractivity contribution in [2.24, 2.45) is 10.9 Å². The Balaban J connectivity index is 0.00000261. The Morgan fingerprint density at radius 1 is 1.26 bits per heavy atom. The van der Waals surface area contributed by atoms with E-state index in [9.17, 15) is 13.6 Å². The summed E-state index contributed by atoms with van der Waals surface area (Å²) in [6.07, 6.45) is 3.13. The van der Waals surface area contributed by atoms with Gasteiger partial charge in [-0.1, -0.05) is 6.07 Å². The van der Waals surface area contributed by atoms with Gasteiger partial charge in [-0.2, -0.15) is 0 Å². The molecule has 1 aliphatic heterocycles. The average molecular weight is 492 g/mol. The molecule has 5 nitrogen and oxygen atoms in total. The monoisotopic (exact) mass is 492 g/mol. The van der Waals surface area contributed by atoms with Gasteiger partial charge in [-0.3, -0.25) is 9.79 Å². The predicted molar refractivity (Wildman–Crippen MR) is 112 cm³/mol.